The standard InChI is InChI=1S/C17H27NO/c1-13-7-8-17(14(2)9-13)18-11-15-5-4-6-16(10-15)12-19-3/h4-6,10,13-14,17-18H,7-9,11-12H2,1-3H3. The second kappa shape index (κ2) is 7.06. The summed E-state index contributed by atoms with van der Waals surface area (Å²) < 4.78 is 5.19. The molecule has 0 amide bonds. The lowest BCUT2D eigenvalue weighted by atomic mass is 9.80. The molecule has 0 bridgehead atoms. The molecular weight excluding hydrogens is 234 g/mol. The van der Waals surface area contributed by atoms with E-state index in [0.717, 1.165) is 18.4 Å². The minimum Gasteiger partial charge on any atom is -0.380 e. The first-order valence-corrected chi connectivity index (χ1v) is 7.49. The van der Waals surface area contributed by atoms with Gasteiger partial charge in [-0.3, -0.25) is 0 Å². The number of rotatable bonds is 5. The van der Waals surface area contributed by atoms with Gasteiger partial charge in [-0.2, -0.15) is 0 Å². The van der Waals surface area contributed by atoms with Crippen molar-refractivity contribution in [3.8, 4) is 0 Å². The molecule has 0 aromatic heterocycles. The van der Waals surface area contributed by atoms with Gasteiger partial charge in [0.25, 0.3) is 0 Å². The van der Waals surface area contributed by atoms with Crippen LogP contribution in [0.2, 0.25) is 0 Å². The lowest BCUT2D eigenvalue weighted by Gasteiger charge is -2.33. The Bertz CT molecular complexity index is 391. The van der Waals surface area contributed by atoms with Gasteiger partial charge in [0.2, 0.25) is 0 Å². The molecule has 1 fully saturated rings. The highest BCUT2D eigenvalue weighted by Gasteiger charge is 2.24. The zero-order valence-corrected chi connectivity index (χ0v) is 12.5. The molecule has 19 heavy (non-hydrogen) atoms. The summed E-state index contributed by atoms with van der Waals surface area (Å²) in [6, 6.07) is 9.37. The van der Waals surface area contributed by atoms with Crippen LogP contribution in [-0.2, 0) is 17.9 Å². The Kier molecular flexibility index (Phi) is 5.41. The van der Waals surface area contributed by atoms with Crippen LogP contribution in [0, 0.1) is 11.8 Å². The maximum atomic E-state index is 5.19. The highest BCUT2D eigenvalue weighted by atomic mass is 16.5. The molecule has 1 N–H and O–H groups in total. The average Bonchev–Trinajstić information content (AvgIpc) is 2.38. The average molecular weight is 261 g/mol. The Balaban J connectivity index is 1.86. The summed E-state index contributed by atoms with van der Waals surface area (Å²) >= 11 is 0. The molecule has 2 rings (SSSR count). The van der Waals surface area contributed by atoms with E-state index in [-0.39, 0.29) is 0 Å². The van der Waals surface area contributed by atoms with Gasteiger partial charge in [-0.1, -0.05) is 38.1 Å². The Morgan fingerprint density at radius 2 is 2.00 bits per heavy atom. The van der Waals surface area contributed by atoms with Crippen LogP contribution >= 0.6 is 0 Å². The third-order valence-corrected chi connectivity index (χ3v) is 4.30. The zero-order chi connectivity index (χ0) is 13.7. The Morgan fingerprint density at radius 1 is 1.21 bits per heavy atom. The second-order valence-electron chi connectivity index (χ2n) is 6.14. The van der Waals surface area contributed by atoms with E-state index in [0.29, 0.717) is 12.6 Å². The second-order valence-corrected chi connectivity index (χ2v) is 6.14. The summed E-state index contributed by atoms with van der Waals surface area (Å²) in [5.74, 6) is 1.70. The molecule has 3 atom stereocenters. The van der Waals surface area contributed by atoms with Crippen molar-refractivity contribution in [2.45, 2.75) is 52.3 Å². The van der Waals surface area contributed by atoms with Gasteiger partial charge in [0.1, 0.15) is 0 Å². The zero-order valence-electron chi connectivity index (χ0n) is 12.5. The van der Waals surface area contributed by atoms with Gasteiger partial charge in [-0.15, -0.1) is 0 Å². The molecule has 0 heterocycles. The normalized spacial score (nSPS) is 27.4. The molecule has 1 aromatic carbocycles. The van der Waals surface area contributed by atoms with Crippen molar-refractivity contribution in [1.29, 1.82) is 0 Å². The largest absolute Gasteiger partial charge is 0.380 e. The van der Waals surface area contributed by atoms with Crippen LogP contribution in [0.1, 0.15) is 44.2 Å². The van der Waals surface area contributed by atoms with Crippen molar-refractivity contribution in [2.75, 3.05) is 7.11 Å². The van der Waals surface area contributed by atoms with Crippen LogP contribution in [0.4, 0.5) is 0 Å². The third-order valence-electron chi connectivity index (χ3n) is 4.30. The van der Waals surface area contributed by atoms with E-state index in [1.54, 1.807) is 7.11 Å². The van der Waals surface area contributed by atoms with E-state index in [4.69, 9.17) is 4.74 Å². The molecule has 3 unspecified atom stereocenters. The molecule has 2 heteroatoms. The summed E-state index contributed by atoms with van der Waals surface area (Å²) in [5, 5.41) is 3.74. The first-order valence-electron chi connectivity index (χ1n) is 7.49. The van der Waals surface area contributed by atoms with Crippen LogP contribution in [0.25, 0.3) is 0 Å². The van der Waals surface area contributed by atoms with E-state index in [1.807, 2.05) is 0 Å². The molecule has 0 aliphatic heterocycles. The fraction of sp³-hybridized carbons (Fsp3) is 0.647. The molecule has 2 nitrogen and oxygen atoms in total. The number of methoxy groups -OCH3 is 1. The molecule has 1 aliphatic rings. The highest BCUT2D eigenvalue weighted by molar-refractivity contribution is 5.22. The van der Waals surface area contributed by atoms with Crippen LogP contribution in [0.15, 0.2) is 24.3 Å². The number of nitrogens with one attached hydrogen (secondary N) is 1. The maximum absolute atomic E-state index is 5.19. The fourth-order valence-corrected chi connectivity index (χ4v) is 3.21. The Labute approximate surface area is 117 Å². The minimum absolute atomic E-state index is 0.683. The molecule has 1 aromatic rings. The van der Waals surface area contributed by atoms with E-state index in [1.165, 1.54) is 30.4 Å². The lowest BCUT2D eigenvalue weighted by Crippen LogP contribution is -2.38. The van der Waals surface area contributed by atoms with Crippen LogP contribution in [0.5, 0.6) is 0 Å². The van der Waals surface area contributed by atoms with Gasteiger partial charge in [0.05, 0.1) is 6.61 Å². The van der Waals surface area contributed by atoms with Gasteiger partial charge in [-0.25, -0.2) is 0 Å². The highest BCUT2D eigenvalue weighted by Crippen LogP contribution is 2.28. The molecule has 0 saturated heterocycles. The number of hydrogen-bond donors (Lipinski definition) is 1. The Hall–Kier alpha value is -0.860. The fourth-order valence-electron chi connectivity index (χ4n) is 3.21. The predicted octanol–water partition coefficient (Wildman–Crippen LogP) is 3.75. The van der Waals surface area contributed by atoms with E-state index in [9.17, 15) is 0 Å². The summed E-state index contributed by atoms with van der Waals surface area (Å²) in [6.45, 7) is 6.43. The number of hydrogen-bond acceptors (Lipinski definition) is 2. The van der Waals surface area contributed by atoms with E-state index < -0.39 is 0 Å². The summed E-state index contributed by atoms with van der Waals surface area (Å²) in [5.41, 5.74) is 2.62. The molecule has 1 aliphatic carbocycles. The smallest absolute Gasteiger partial charge is 0.0713 e. The van der Waals surface area contributed by atoms with Crippen molar-refractivity contribution in [2.24, 2.45) is 11.8 Å². The van der Waals surface area contributed by atoms with Gasteiger partial charge < -0.3 is 10.1 Å². The topological polar surface area (TPSA) is 21.3 Å². The molecule has 0 spiro atoms. The monoisotopic (exact) mass is 261 g/mol. The van der Waals surface area contributed by atoms with Crippen molar-refractivity contribution in [3.05, 3.63) is 35.4 Å². The van der Waals surface area contributed by atoms with Gasteiger partial charge in [0.15, 0.2) is 0 Å². The van der Waals surface area contributed by atoms with Crippen LogP contribution < -0.4 is 5.32 Å². The SMILES string of the molecule is COCc1cccc(CNC2CCC(C)CC2C)c1. The van der Waals surface area contributed by atoms with Gasteiger partial charge in [-0.05, 0) is 42.2 Å². The van der Waals surface area contributed by atoms with Crippen LogP contribution in [0.3, 0.4) is 0 Å². The molecular formula is C17H27NO. The summed E-state index contributed by atoms with van der Waals surface area (Å²) in [4.78, 5) is 0. The summed E-state index contributed by atoms with van der Waals surface area (Å²) in [7, 11) is 1.75. The summed E-state index contributed by atoms with van der Waals surface area (Å²) in [6.07, 6.45) is 4.05. The predicted molar refractivity (Wildman–Crippen MR) is 80.0 cm³/mol. The first-order chi connectivity index (χ1) is 9.19. The van der Waals surface area contributed by atoms with Gasteiger partial charge >= 0.3 is 0 Å². The van der Waals surface area contributed by atoms with Crippen molar-refractivity contribution < 1.29 is 4.74 Å². The van der Waals surface area contributed by atoms with Crippen molar-refractivity contribution in [3.63, 3.8) is 0 Å². The first kappa shape index (κ1) is 14.5. The third kappa shape index (κ3) is 4.32. The van der Waals surface area contributed by atoms with Gasteiger partial charge in [0, 0.05) is 19.7 Å². The molecule has 106 valence electrons. The quantitative estimate of drug-likeness (QED) is 0.871. The number of ether oxygens (including phenoxy) is 1. The Morgan fingerprint density at radius 3 is 2.74 bits per heavy atom. The molecule has 0 radical (unpaired) electrons. The van der Waals surface area contributed by atoms with E-state index in [2.05, 4.69) is 43.4 Å². The van der Waals surface area contributed by atoms with Crippen molar-refractivity contribution in [1.82, 2.24) is 5.32 Å². The van der Waals surface area contributed by atoms with Crippen molar-refractivity contribution >= 4 is 0 Å². The molecule has 1 saturated carbocycles. The van der Waals surface area contributed by atoms with Crippen LogP contribution in [-0.4, -0.2) is 13.2 Å². The maximum Gasteiger partial charge on any atom is 0.0713 e. The minimum atomic E-state index is 0.683. The van der Waals surface area contributed by atoms with E-state index >= 15 is 0 Å². The lowest BCUT2D eigenvalue weighted by molar-refractivity contribution is 0.185. The number of benzene rings is 1.